The van der Waals surface area contributed by atoms with Crippen LogP contribution in [0.25, 0.3) is 0 Å². The SMILES string of the molecule is CC(C)(C)CS(=O)(=O)NC(C(=N)N)c1ccccc1. The van der Waals surface area contributed by atoms with Gasteiger partial charge in [0.1, 0.15) is 11.9 Å². The number of sulfonamides is 1. The van der Waals surface area contributed by atoms with Gasteiger partial charge in [0, 0.05) is 0 Å². The first kappa shape index (κ1) is 15.7. The van der Waals surface area contributed by atoms with Crippen molar-refractivity contribution in [3.05, 3.63) is 35.9 Å². The second-order valence-corrected chi connectivity index (χ2v) is 7.49. The van der Waals surface area contributed by atoms with E-state index in [4.69, 9.17) is 11.1 Å². The van der Waals surface area contributed by atoms with Crippen LogP contribution in [0.4, 0.5) is 0 Å². The highest BCUT2D eigenvalue weighted by molar-refractivity contribution is 7.89. The fourth-order valence-electron chi connectivity index (χ4n) is 1.75. The highest BCUT2D eigenvalue weighted by Gasteiger charge is 2.26. The average Bonchev–Trinajstić information content (AvgIpc) is 2.23. The van der Waals surface area contributed by atoms with Crippen LogP contribution in [0.5, 0.6) is 0 Å². The number of benzene rings is 1. The van der Waals surface area contributed by atoms with Crippen LogP contribution in [0.3, 0.4) is 0 Å². The minimum Gasteiger partial charge on any atom is -0.386 e. The Labute approximate surface area is 114 Å². The van der Waals surface area contributed by atoms with Crippen molar-refractivity contribution in [2.24, 2.45) is 11.1 Å². The maximum absolute atomic E-state index is 12.1. The third-order valence-corrected chi connectivity index (χ3v) is 4.21. The van der Waals surface area contributed by atoms with E-state index in [0.29, 0.717) is 5.56 Å². The lowest BCUT2D eigenvalue weighted by atomic mass is 10.0. The van der Waals surface area contributed by atoms with E-state index in [-0.39, 0.29) is 17.0 Å². The fourth-order valence-corrected chi connectivity index (χ4v) is 3.59. The van der Waals surface area contributed by atoms with Crippen LogP contribution in [0.1, 0.15) is 32.4 Å². The zero-order chi connectivity index (χ0) is 14.7. The Hall–Kier alpha value is -1.40. The van der Waals surface area contributed by atoms with Crippen LogP contribution in [-0.4, -0.2) is 20.0 Å². The summed E-state index contributed by atoms with van der Waals surface area (Å²) in [5, 5.41) is 7.55. The molecule has 1 atom stereocenters. The molecule has 0 aliphatic carbocycles. The van der Waals surface area contributed by atoms with E-state index >= 15 is 0 Å². The largest absolute Gasteiger partial charge is 0.386 e. The molecule has 106 valence electrons. The van der Waals surface area contributed by atoms with E-state index < -0.39 is 16.1 Å². The molecule has 1 unspecified atom stereocenters. The molecule has 5 nitrogen and oxygen atoms in total. The third-order valence-electron chi connectivity index (χ3n) is 2.36. The summed E-state index contributed by atoms with van der Waals surface area (Å²) in [4.78, 5) is 0. The molecule has 1 rings (SSSR count). The van der Waals surface area contributed by atoms with Crippen molar-refractivity contribution in [1.82, 2.24) is 4.72 Å². The van der Waals surface area contributed by atoms with Crippen LogP contribution < -0.4 is 10.5 Å². The zero-order valence-corrected chi connectivity index (χ0v) is 12.3. The van der Waals surface area contributed by atoms with Crippen molar-refractivity contribution in [1.29, 1.82) is 5.41 Å². The standard InChI is InChI=1S/C13H21N3O2S/c1-13(2,3)9-19(17,18)16-11(12(14)15)10-7-5-4-6-8-10/h4-8,11,16H,9H2,1-3H3,(H3,14,15). The first-order valence-corrected chi connectivity index (χ1v) is 7.65. The minimum absolute atomic E-state index is 0.0172. The summed E-state index contributed by atoms with van der Waals surface area (Å²) in [6, 6.07) is 8.06. The maximum atomic E-state index is 12.1. The lowest BCUT2D eigenvalue weighted by molar-refractivity contribution is 0.457. The lowest BCUT2D eigenvalue weighted by Crippen LogP contribution is -2.40. The van der Waals surface area contributed by atoms with E-state index in [2.05, 4.69) is 4.72 Å². The van der Waals surface area contributed by atoms with E-state index in [1.807, 2.05) is 26.8 Å². The molecule has 19 heavy (non-hydrogen) atoms. The number of rotatable bonds is 5. The van der Waals surface area contributed by atoms with Crippen LogP contribution in [0.15, 0.2) is 30.3 Å². The van der Waals surface area contributed by atoms with E-state index in [9.17, 15) is 8.42 Å². The van der Waals surface area contributed by atoms with Crippen LogP contribution in [0, 0.1) is 10.8 Å². The molecule has 0 spiro atoms. The third kappa shape index (κ3) is 5.40. The number of hydrogen-bond donors (Lipinski definition) is 3. The molecule has 0 aromatic heterocycles. The summed E-state index contributed by atoms with van der Waals surface area (Å²) in [6.07, 6.45) is 0. The Balaban J connectivity index is 2.96. The van der Waals surface area contributed by atoms with E-state index in [1.165, 1.54) is 0 Å². The van der Waals surface area contributed by atoms with Gasteiger partial charge in [0.25, 0.3) is 0 Å². The normalized spacial score (nSPS) is 14.1. The molecule has 0 amide bonds. The number of hydrogen-bond acceptors (Lipinski definition) is 3. The zero-order valence-electron chi connectivity index (χ0n) is 11.5. The molecular weight excluding hydrogens is 262 g/mol. The van der Waals surface area contributed by atoms with Gasteiger partial charge < -0.3 is 5.73 Å². The highest BCUT2D eigenvalue weighted by atomic mass is 32.2. The van der Waals surface area contributed by atoms with E-state index in [1.54, 1.807) is 24.3 Å². The van der Waals surface area contributed by atoms with Crippen molar-refractivity contribution >= 4 is 15.9 Å². The quantitative estimate of drug-likeness (QED) is 0.566. The van der Waals surface area contributed by atoms with Crippen LogP contribution >= 0.6 is 0 Å². The van der Waals surface area contributed by atoms with Gasteiger partial charge in [-0.05, 0) is 11.0 Å². The Morgan fingerprint density at radius 2 is 1.84 bits per heavy atom. The predicted octanol–water partition coefficient (Wildman–Crippen LogP) is 1.63. The Morgan fingerprint density at radius 1 is 1.32 bits per heavy atom. The lowest BCUT2D eigenvalue weighted by Gasteiger charge is -2.22. The van der Waals surface area contributed by atoms with Crippen molar-refractivity contribution in [3.8, 4) is 0 Å². The number of nitrogens with one attached hydrogen (secondary N) is 2. The van der Waals surface area contributed by atoms with Gasteiger partial charge in [-0.15, -0.1) is 0 Å². The van der Waals surface area contributed by atoms with Gasteiger partial charge in [-0.2, -0.15) is 0 Å². The number of amidine groups is 1. The van der Waals surface area contributed by atoms with Gasteiger partial charge in [0.2, 0.25) is 10.0 Å². The monoisotopic (exact) mass is 283 g/mol. The van der Waals surface area contributed by atoms with Crippen molar-refractivity contribution in [2.75, 3.05) is 5.75 Å². The molecular formula is C13H21N3O2S. The van der Waals surface area contributed by atoms with E-state index in [0.717, 1.165) is 0 Å². The van der Waals surface area contributed by atoms with Gasteiger partial charge >= 0.3 is 0 Å². The van der Waals surface area contributed by atoms with Crippen molar-refractivity contribution in [2.45, 2.75) is 26.8 Å². The van der Waals surface area contributed by atoms with Gasteiger partial charge in [0.15, 0.2) is 0 Å². The molecule has 0 aliphatic heterocycles. The molecule has 0 saturated carbocycles. The molecule has 6 heteroatoms. The van der Waals surface area contributed by atoms with Crippen molar-refractivity contribution in [3.63, 3.8) is 0 Å². The topological polar surface area (TPSA) is 96.0 Å². The van der Waals surface area contributed by atoms with Crippen molar-refractivity contribution < 1.29 is 8.42 Å². The molecule has 0 aliphatic rings. The molecule has 4 N–H and O–H groups in total. The summed E-state index contributed by atoms with van der Waals surface area (Å²) >= 11 is 0. The summed E-state index contributed by atoms with van der Waals surface area (Å²) in [6.45, 7) is 5.53. The Morgan fingerprint density at radius 3 is 2.26 bits per heavy atom. The second kappa shape index (κ2) is 5.71. The van der Waals surface area contributed by atoms with Crippen LogP contribution in [0.2, 0.25) is 0 Å². The first-order chi connectivity index (χ1) is 8.61. The Kier molecular flexibility index (Phi) is 4.70. The molecule has 1 aromatic rings. The molecule has 0 saturated heterocycles. The first-order valence-electron chi connectivity index (χ1n) is 6.00. The van der Waals surface area contributed by atoms with Crippen LogP contribution in [-0.2, 0) is 10.0 Å². The highest BCUT2D eigenvalue weighted by Crippen LogP contribution is 2.19. The Bertz CT molecular complexity index is 533. The molecule has 0 fully saturated rings. The van der Waals surface area contributed by atoms with Gasteiger partial charge in [-0.25, -0.2) is 13.1 Å². The summed E-state index contributed by atoms with van der Waals surface area (Å²) < 4.78 is 26.6. The fraction of sp³-hybridized carbons (Fsp3) is 0.462. The molecule has 0 radical (unpaired) electrons. The average molecular weight is 283 g/mol. The summed E-state index contributed by atoms with van der Waals surface area (Å²) in [5.41, 5.74) is 5.80. The molecule has 0 bridgehead atoms. The second-order valence-electron chi connectivity index (χ2n) is 5.74. The van der Waals surface area contributed by atoms with Gasteiger partial charge in [-0.3, -0.25) is 5.41 Å². The van der Waals surface area contributed by atoms with Gasteiger partial charge in [-0.1, -0.05) is 51.1 Å². The smallest absolute Gasteiger partial charge is 0.213 e. The van der Waals surface area contributed by atoms with Gasteiger partial charge in [0.05, 0.1) is 5.75 Å². The minimum atomic E-state index is -3.50. The predicted molar refractivity (Wildman–Crippen MR) is 77.5 cm³/mol. The molecule has 1 aromatic carbocycles. The summed E-state index contributed by atoms with van der Waals surface area (Å²) in [7, 11) is -3.50. The maximum Gasteiger partial charge on any atom is 0.213 e. The summed E-state index contributed by atoms with van der Waals surface area (Å²) in [5.74, 6) is -0.236. The molecule has 0 heterocycles. The number of nitrogens with two attached hydrogens (primary N) is 1.